The van der Waals surface area contributed by atoms with Gasteiger partial charge in [0.1, 0.15) is 0 Å². The smallest absolute Gasteiger partial charge is 0.240 e. The van der Waals surface area contributed by atoms with Crippen molar-refractivity contribution in [2.24, 2.45) is 0 Å². The van der Waals surface area contributed by atoms with Crippen LogP contribution in [0, 0.1) is 0 Å². The highest BCUT2D eigenvalue weighted by molar-refractivity contribution is 7.89. The van der Waals surface area contributed by atoms with Crippen LogP contribution in [0.25, 0.3) is 0 Å². The molecule has 0 saturated heterocycles. The van der Waals surface area contributed by atoms with Crippen LogP contribution in [0.2, 0.25) is 0 Å². The molecule has 4 nitrogen and oxygen atoms in total. The van der Waals surface area contributed by atoms with Crippen LogP contribution in [0.3, 0.4) is 0 Å². The first kappa shape index (κ1) is 14.2. The van der Waals surface area contributed by atoms with E-state index in [1.165, 1.54) is 0 Å². The quantitative estimate of drug-likeness (QED) is 0.758. The number of rotatable bonds is 6. The number of hydrogen-bond acceptors (Lipinski definition) is 3. The monoisotopic (exact) mass is 257 g/mol. The summed E-state index contributed by atoms with van der Waals surface area (Å²) in [6.45, 7) is 4.35. The van der Waals surface area contributed by atoms with Crippen LogP contribution in [0.4, 0.5) is 0 Å². The molecule has 0 saturated carbocycles. The number of aliphatic hydroxyl groups is 1. The van der Waals surface area contributed by atoms with Crippen LogP contribution >= 0.6 is 0 Å². The van der Waals surface area contributed by atoms with E-state index >= 15 is 0 Å². The Kier molecular flexibility index (Phi) is 5.11. The van der Waals surface area contributed by atoms with Crippen LogP contribution in [0.15, 0.2) is 29.2 Å². The van der Waals surface area contributed by atoms with Gasteiger partial charge in [-0.3, -0.25) is 0 Å². The summed E-state index contributed by atoms with van der Waals surface area (Å²) >= 11 is 0. The molecular formula is C12H19NO3S. The van der Waals surface area contributed by atoms with Gasteiger partial charge < -0.3 is 5.11 Å². The predicted molar refractivity (Wildman–Crippen MR) is 67.4 cm³/mol. The Morgan fingerprint density at radius 1 is 1.24 bits per heavy atom. The van der Waals surface area contributed by atoms with E-state index in [2.05, 4.69) is 18.6 Å². The zero-order valence-corrected chi connectivity index (χ0v) is 11.0. The van der Waals surface area contributed by atoms with Gasteiger partial charge in [-0.05, 0) is 30.0 Å². The molecular weight excluding hydrogens is 238 g/mol. The van der Waals surface area contributed by atoms with Crippen molar-refractivity contribution in [1.82, 2.24) is 4.72 Å². The molecule has 5 heteroatoms. The molecule has 0 fully saturated rings. The molecule has 0 atom stereocenters. The standard InChI is InChI=1S/C12H19NO3S/c1-10(2)11-4-6-12(7-5-11)17(15,16)13-8-3-9-14/h4-7,10,13-14H,3,8-9H2,1-2H3. The molecule has 0 aromatic heterocycles. The minimum atomic E-state index is -3.44. The first-order valence-electron chi connectivity index (χ1n) is 5.68. The second-order valence-electron chi connectivity index (χ2n) is 4.20. The number of hydrogen-bond donors (Lipinski definition) is 2. The zero-order valence-electron chi connectivity index (χ0n) is 10.2. The van der Waals surface area contributed by atoms with Gasteiger partial charge in [0.05, 0.1) is 4.90 Å². The summed E-state index contributed by atoms with van der Waals surface area (Å²) in [5.74, 6) is 0.383. The van der Waals surface area contributed by atoms with Gasteiger partial charge in [0, 0.05) is 13.2 Å². The Hall–Kier alpha value is -0.910. The molecule has 0 aliphatic carbocycles. The summed E-state index contributed by atoms with van der Waals surface area (Å²) in [6.07, 6.45) is 0.420. The molecule has 0 radical (unpaired) electrons. The molecule has 1 aromatic carbocycles. The number of nitrogens with one attached hydrogen (secondary N) is 1. The Bertz CT molecular complexity index is 437. The second-order valence-corrected chi connectivity index (χ2v) is 5.97. The van der Waals surface area contributed by atoms with E-state index in [1.54, 1.807) is 12.1 Å². The van der Waals surface area contributed by atoms with Gasteiger partial charge >= 0.3 is 0 Å². The lowest BCUT2D eigenvalue weighted by Crippen LogP contribution is -2.25. The molecule has 0 bridgehead atoms. The fourth-order valence-electron chi connectivity index (χ4n) is 1.40. The largest absolute Gasteiger partial charge is 0.396 e. The fraction of sp³-hybridized carbons (Fsp3) is 0.500. The highest BCUT2D eigenvalue weighted by Gasteiger charge is 2.13. The zero-order chi connectivity index (χ0) is 12.9. The van der Waals surface area contributed by atoms with Gasteiger partial charge in [-0.1, -0.05) is 26.0 Å². The van der Waals surface area contributed by atoms with E-state index in [9.17, 15) is 8.42 Å². The van der Waals surface area contributed by atoms with E-state index < -0.39 is 10.0 Å². The molecule has 2 N–H and O–H groups in total. The normalized spacial score (nSPS) is 12.0. The van der Waals surface area contributed by atoms with Gasteiger partial charge in [0.25, 0.3) is 0 Å². The fourth-order valence-corrected chi connectivity index (χ4v) is 2.47. The van der Waals surface area contributed by atoms with Gasteiger partial charge in [-0.2, -0.15) is 0 Å². The highest BCUT2D eigenvalue weighted by atomic mass is 32.2. The molecule has 0 spiro atoms. The van der Waals surface area contributed by atoms with Gasteiger partial charge in [0.15, 0.2) is 0 Å². The second kappa shape index (κ2) is 6.14. The molecule has 0 unspecified atom stereocenters. The maximum absolute atomic E-state index is 11.8. The number of aliphatic hydroxyl groups excluding tert-OH is 1. The minimum Gasteiger partial charge on any atom is -0.396 e. The van der Waals surface area contributed by atoms with E-state index in [-0.39, 0.29) is 18.0 Å². The maximum atomic E-state index is 11.8. The van der Waals surface area contributed by atoms with Crippen molar-refractivity contribution in [2.45, 2.75) is 31.1 Å². The molecule has 17 heavy (non-hydrogen) atoms. The van der Waals surface area contributed by atoms with Crippen LogP contribution in [-0.2, 0) is 10.0 Å². The third-order valence-electron chi connectivity index (χ3n) is 2.48. The lowest BCUT2D eigenvalue weighted by molar-refractivity contribution is 0.289. The lowest BCUT2D eigenvalue weighted by Gasteiger charge is -2.08. The topological polar surface area (TPSA) is 66.4 Å². The summed E-state index contributed by atoms with van der Waals surface area (Å²) in [5, 5.41) is 8.60. The molecule has 96 valence electrons. The van der Waals surface area contributed by atoms with Crippen molar-refractivity contribution in [1.29, 1.82) is 0 Å². The van der Waals surface area contributed by atoms with Gasteiger partial charge in [-0.25, -0.2) is 13.1 Å². The first-order valence-corrected chi connectivity index (χ1v) is 7.16. The van der Waals surface area contributed by atoms with Crippen molar-refractivity contribution in [2.75, 3.05) is 13.2 Å². The summed E-state index contributed by atoms with van der Waals surface area (Å²) in [4.78, 5) is 0.264. The average molecular weight is 257 g/mol. The molecule has 1 aromatic rings. The van der Waals surface area contributed by atoms with Crippen LogP contribution in [-0.4, -0.2) is 26.7 Å². The molecule has 0 heterocycles. The molecule has 0 aliphatic rings. The summed E-state index contributed by atoms with van der Waals surface area (Å²) in [5.41, 5.74) is 1.11. The van der Waals surface area contributed by atoms with Crippen molar-refractivity contribution in [3.8, 4) is 0 Å². The van der Waals surface area contributed by atoms with E-state index in [0.29, 0.717) is 12.3 Å². The van der Waals surface area contributed by atoms with E-state index in [0.717, 1.165) is 5.56 Å². The SMILES string of the molecule is CC(C)c1ccc(S(=O)(=O)NCCCO)cc1. The lowest BCUT2D eigenvalue weighted by atomic mass is 10.0. The third kappa shape index (κ3) is 4.11. The van der Waals surface area contributed by atoms with Crippen molar-refractivity contribution < 1.29 is 13.5 Å². The van der Waals surface area contributed by atoms with Gasteiger partial charge in [0.2, 0.25) is 10.0 Å². The highest BCUT2D eigenvalue weighted by Crippen LogP contribution is 2.17. The third-order valence-corrected chi connectivity index (χ3v) is 3.96. The molecule has 0 aliphatic heterocycles. The van der Waals surface area contributed by atoms with Crippen molar-refractivity contribution in [3.05, 3.63) is 29.8 Å². The Labute approximate surface area is 103 Å². The number of benzene rings is 1. The minimum absolute atomic E-state index is 0.0190. The molecule has 1 rings (SSSR count). The summed E-state index contributed by atoms with van der Waals surface area (Å²) < 4.78 is 26.0. The first-order chi connectivity index (χ1) is 7.97. The predicted octanol–water partition coefficient (Wildman–Crippen LogP) is 1.47. The summed E-state index contributed by atoms with van der Waals surface area (Å²) in [6, 6.07) is 6.86. The van der Waals surface area contributed by atoms with Gasteiger partial charge in [-0.15, -0.1) is 0 Å². The summed E-state index contributed by atoms with van der Waals surface area (Å²) in [7, 11) is -3.44. The van der Waals surface area contributed by atoms with Crippen LogP contribution in [0.5, 0.6) is 0 Å². The Balaban J connectivity index is 2.78. The van der Waals surface area contributed by atoms with Crippen LogP contribution in [0.1, 0.15) is 31.7 Å². The number of sulfonamides is 1. The average Bonchev–Trinajstić information content (AvgIpc) is 2.29. The molecule has 0 amide bonds. The maximum Gasteiger partial charge on any atom is 0.240 e. The van der Waals surface area contributed by atoms with Crippen LogP contribution < -0.4 is 4.72 Å². The van der Waals surface area contributed by atoms with E-state index in [1.807, 2.05) is 12.1 Å². The van der Waals surface area contributed by atoms with Crippen molar-refractivity contribution in [3.63, 3.8) is 0 Å². The Morgan fingerprint density at radius 3 is 2.29 bits per heavy atom. The Morgan fingerprint density at radius 2 is 1.82 bits per heavy atom. The van der Waals surface area contributed by atoms with E-state index in [4.69, 9.17) is 5.11 Å². The van der Waals surface area contributed by atoms with Crippen molar-refractivity contribution >= 4 is 10.0 Å².